The number of anilines is 2. The Balaban J connectivity index is 1.81. The number of carbonyl (C=O) groups is 1. The van der Waals surface area contributed by atoms with E-state index in [0.717, 1.165) is 25.2 Å². The average molecular weight is 277 g/mol. The molecule has 0 aliphatic carbocycles. The number of nitrogens with one attached hydrogen (secondary N) is 1. The van der Waals surface area contributed by atoms with Gasteiger partial charge in [0.15, 0.2) is 0 Å². The number of hydrogen-bond acceptors (Lipinski definition) is 5. The Hall–Kier alpha value is -1.75. The number of rotatable bonds is 6. The summed E-state index contributed by atoms with van der Waals surface area (Å²) in [6.45, 7) is 4.48. The maximum absolute atomic E-state index is 11.6. The van der Waals surface area contributed by atoms with Gasteiger partial charge in [0.25, 0.3) is 0 Å². The highest BCUT2D eigenvalue weighted by atomic mass is 16.5. The summed E-state index contributed by atoms with van der Waals surface area (Å²) in [4.78, 5) is 14.0. The first kappa shape index (κ1) is 14.7. The first-order chi connectivity index (χ1) is 9.70. The van der Waals surface area contributed by atoms with E-state index in [9.17, 15) is 4.79 Å². The molecule has 5 heteroatoms. The number of methoxy groups -OCH3 is 1. The van der Waals surface area contributed by atoms with Gasteiger partial charge < -0.3 is 20.7 Å². The Bertz CT molecular complexity index is 456. The predicted molar refractivity (Wildman–Crippen MR) is 81.0 cm³/mol. The standard InChI is InChI=1S/C15H23N3O2/c1-20-15(19)13-11-12(5-6-14(13)16)17-7-4-10-18-8-2-3-9-18/h5-6,11,17H,2-4,7-10,16H2,1H3. The van der Waals surface area contributed by atoms with E-state index < -0.39 is 5.97 Å². The van der Waals surface area contributed by atoms with Gasteiger partial charge in [-0.1, -0.05) is 0 Å². The van der Waals surface area contributed by atoms with Crippen molar-refractivity contribution in [3.8, 4) is 0 Å². The summed E-state index contributed by atoms with van der Waals surface area (Å²) in [6, 6.07) is 5.36. The number of nitrogen functional groups attached to an aromatic ring is 1. The highest BCUT2D eigenvalue weighted by Crippen LogP contribution is 2.18. The van der Waals surface area contributed by atoms with E-state index in [-0.39, 0.29) is 0 Å². The fourth-order valence-electron chi connectivity index (χ4n) is 2.49. The molecular weight excluding hydrogens is 254 g/mol. The summed E-state index contributed by atoms with van der Waals surface area (Å²) in [5, 5.41) is 3.33. The van der Waals surface area contributed by atoms with Crippen LogP contribution in [0.1, 0.15) is 29.6 Å². The number of esters is 1. The van der Waals surface area contributed by atoms with Crippen molar-refractivity contribution in [2.45, 2.75) is 19.3 Å². The van der Waals surface area contributed by atoms with Crippen LogP contribution in [-0.4, -0.2) is 44.2 Å². The van der Waals surface area contributed by atoms with E-state index in [2.05, 4.69) is 10.2 Å². The minimum atomic E-state index is -0.400. The highest BCUT2D eigenvalue weighted by Gasteiger charge is 2.11. The molecule has 0 atom stereocenters. The molecule has 1 aliphatic rings. The quantitative estimate of drug-likeness (QED) is 0.472. The van der Waals surface area contributed by atoms with Gasteiger partial charge in [-0.05, 0) is 57.1 Å². The third kappa shape index (κ3) is 3.87. The van der Waals surface area contributed by atoms with E-state index in [4.69, 9.17) is 10.5 Å². The lowest BCUT2D eigenvalue weighted by molar-refractivity contribution is 0.0602. The van der Waals surface area contributed by atoms with Crippen LogP contribution in [0.5, 0.6) is 0 Å². The highest BCUT2D eigenvalue weighted by molar-refractivity contribution is 5.96. The summed E-state index contributed by atoms with van der Waals surface area (Å²) in [7, 11) is 1.36. The van der Waals surface area contributed by atoms with Crippen molar-refractivity contribution >= 4 is 17.3 Å². The molecule has 0 bridgehead atoms. The van der Waals surface area contributed by atoms with Crippen LogP contribution in [-0.2, 0) is 4.74 Å². The number of ether oxygens (including phenoxy) is 1. The van der Waals surface area contributed by atoms with Crippen LogP contribution in [0.15, 0.2) is 18.2 Å². The molecule has 1 aliphatic heterocycles. The van der Waals surface area contributed by atoms with Crippen LogP contribution in [0, 0.1) is 0 Å². The zero-order chi connectivity index (χ0) is 14.4. The molecule has 1 heterocycles. The summed E-state index contributed by atoms with van der Waals surface area (Å²) in [5.41, 5.74) is 7.53. The number of hydrogen-bond donors (Lipinski definition) is 2. The Morgan fingerprint density at radius 2 is 2.15 bits per heavy atom. The lowest BCUT2D eigenvalue weighted by Gasteiger charge is -2.15. The molecule has 1 aromatic rings. The Morgan fingerprint density at radius 1 is 1.40 bits per heavy atom. The Labute approximate surface area is 120 Å². The third-order valence-corrected chi connectivity index (χ3v) is 3.64. The fraction of sp³-hybridized carbons (Fsp3) is 0.533. The molecule has 20 heavy (non-hydrogen) atoms. The van der Waals surface area contributed by atoms with Crippen molar-refractivity contribution in [2.75, 3.05) is 44.3 Å². The second-order valence-corrected chi connectivity index (χ2v) is 5.12. The van der Waals surface area contributed by atoms with Crippen LogP contribution < -0.4 is 11.1 Å². The van der Waals surface area contributed by atoms with E-state index in [0.29, 0.717) is 11.3 Å². The van der Waals surface area contributed by atoms with Gasteiger partial charge in [-0.3, -0.25) is 0 Å². The van der Waals surface area contributed by atoms with Crippen molar-refractivity contribution in [2.24, 2.45) is 0 Å². The number of likely N-dealkylation sites (tertiary alicyclic amines) is 1. The molecular formula is C15H23N3O2. The molecule has 2 rings (SSSR count). The number of benzene rings is 1. The van der Waals surface area contributed by atoms with Gasteiger partial charge in [-0.15, -0.1) is 0 Å². The topological polar surface area (TPSA) is 67.6 Å². The molecule has 0 spiro atoms. The summed E-state index contributed by atoms with van der Waals surface area (Å²) in [5.74, 6) is -0.400. The molecule has 0 aromatic heterocycles. The van der Waals surface area contributed by atoms with Crippen LogP contribution in [0.2, 0.25) is 0 Å². The fourth-order valence-corrected chi connectivity index (χ4v) is 2.49. The SMILES string of the molecule is COC(=O)c1cc(NCCCN2CCCC2)ccc1N. The maximum Gasteiger partial charge on any atom is 0.340 e. The van der Waals surface area contributed by atoms with Crippen molar-refractivity contribution in [3.63, 3.8) is 0 Å². The smallest absolute Gasteiger partial charge is 0.340 e. The third-order valence-electron chi connectivity index (χ3n) is 3.64. The van der Waals surface area contributed by atoms with Crippen LogP contribution >= 0.6 is 0 Å². The molecule has 0 saturated carbocycles. The molecule has 1 saturated heterocycles. The molecule has 5 nitrogen and oxygen atoms in total. The summed E-state index contributed by atoms with van der Waals surface area (Å²) >= 11 is 0. The van der Waals surface area contributed by atoms with E-state index in [1.165, 1.54) is 33.0 Å². The first-order valence-electron chi connectivity index (χ1n) is 7.15. The minimum absolute atomic E-state index is 0.400. The van der Waals surface area contributed by atoms with Crippen molar-refractivity contribution in [1.82, 2.24) is 4.90 Å². The zero-order valence-corrected chi connectivity index (χ0v) is 12.0. The van der Waals surface area contributed by atoms with Crippen LogP contribution in [0.4, 0.5) is 11.4 Å². The average Bonchev–Trinajstić information content (AvgIpc) is 2.97. The van der Waals surface area contributed by atoms with Gasteiger partial charge in [0.05, 0.1) is 12.7 Å². The predicted octanol–water partition coefficient (Wildman–Crippen LogP) is 1.95. The monoisotopic (exact) mass is 277 g/mol. The maximum atomic E-state index is 11.6. The molecule has 3 N–H and O–H groups in total. The lowest BCUT2D eigenvalue weighted by atomic mass is 10.1. The van der Waals surface area contributed by atoms with Crippen molar-refractivity contribution < 1.29 is 9.53 Å². The summed E-state index contributed by atoms with van der Waals surface area (Å²) in [6.07, 6.45) is 3.75. The molecule has 1 aromatic carbocycles. The molecule has 0 radical (unpaired) electrons. The van der Waals surface area contributed by atoms with Gasteiger partial charge >= 0.3 is 5.97 Å². The minimum Gasteiger partial charge on any atom is -0.465 e. The van der Waals surface area contributed by atoms with Gasteiger partial charge in [-0.2, -0.15) is 0 Å². The van der Waals surface area contributed by atoms with Gasteiger partial charge in [0.2, 0.25) is 0 Å². The normalized spacial score (nSPS) is 15.2. The largest absolute Gasteiger partial charge is 0.465 e. The Kier molecular flexibility index (Phi) is 5.24. The van der Waals surface area contributed by atoms with Crippen LogP contribution in [0.3, 0.4) is 0 Å². The van der Waals surface area contributed by atoms with E-state index in [1.807, 2.05) is 6.07 Å². The second-order valence-electron chi connectivity index (χ2n) is 5.12. The second kappa shape index (κ2) is 7.14. The molecule has 0 amide bonds. The van der Waals surface area contributed by atoms with Gasteiger partial charge in [0.1, 0.15) is 0 Å². The number of carbonyl (C=O) groups excluding carboxylic acids is 1. The zero-order valence-electron chi connectivity index (χ0n) is 12.0. The van der Waals surface area contributed by atoms with Gasteiger partial charge in [-0.25, -0.2) is 4.79 Å². The van der Waals surface area contributed by atoms with Crippen LogP contribution in [0.25, 0.3) is 0 Å². The molecule has 0 unspecified atom stereocenters. The van der Waals surface area contributed by atoms with Crippen molar-refractivity contribution in [3.05, 3.63) is 23.8 Å². The number of nitrogens with zero attached hydrogens (tertiary/aromatic N) is 1. The molecule has 110 valence electrons. The Morgan fingerprint density at radius 3 is 2.85 bits per heavy atom. The van der Waals surface area contributed by atoms with Gasteiger partial charge in [0, 0.05) is 17.9 Å². The first-order valence-corrected chi connectivity index (χ1v) is 7.15. The lowest BCUT2D eigenvalue weighted by Crippen LogP contribution is -2.22. The number of nitrogens with two attached hydrogens (primary N) is 1. The van der Waals surface area contributed by atoms with E-state index in [1.54, 1.807) is 12.1 Å². The van der Waals surface area contributed by atoms with Crippen molar-refractivity contribution in [1.29, 1.82) is 0 Å². The summed E-state index contributed by atoms with van der Waals surface area (Å²) < 4.78 is 4.71. The van der Waals surface area contributed by atoms with E-state index >= 15 is 0 Å². The molecule has 1 fully saturated rings.